The zero-order chi connectivity index (χ0) is 14.7. The molecule has 2 aromatic carbocycles. The van der Waals surface area contributed by atoms with Crippen molar-refractivity contribution in [3.63, 3.8) is 0 Å². The zero-order valence-corrected chi connectivity index (χ0v) is 11.4. The first kappa shape index (κ1) is 14.2. The molecule has 1 atom stereocenters. The van der Waals surface area contributed by atoms with Crippen LogP contribution < -0.4 is 5.32 Å². The van der Waals surface area contributed by atoms with E-state index < -0.39 is 5.82 Å². The summed E-state index contributed by atoms with van der Waals surface area (Å²) in [7, 11) is 0. The fourth-order valence-electron chi connectivity index (χ4n) is 1.89. The number of phenols is 1. The Bertz CT molecular complexity index is 682. The van der Waals surface area contributed by atoms with Gasteiger partial charge in [-0.15, -0.1) is 0 Å². The smallest absolute Gasteiger partial charge is 0.123 e. The molecule has 2 N–H and O–H groups in total. The van der Waals surface area contributed by atoms with E-state index in [4.69, 9.17) is 16.9 Å². The van der Waals surface area contributed by atoms with E-state index in [2.05, 4.69) is 5.32 Å². The lowest BCUT2D eigenvalue weighted by Gasteiger charge is -2.18. The molecule has 2 rings (SSSR count). The fraction of sp³-hybridized carbons (Fsp3) is 0.133. The van der Waals surface area contributed by atoms with Crippen LogP contribution in [0.25, 0.3) is 0 Å². The molecule has 0 aliphatic rings. The molecule has 1 unspecified atom stereocenters. The van der Waals surface area contributed by atoms with Crippen molar-refractivity contribution < 1.29 is 9.50 Å². The average molecular weight is 291 g/mol. The van der Waals surface area contributed by atoms with Crippen LogP contribution in [0.5, 0.6) is 5.75 Å². The van der Waals surface area contributed by atoms with Crippen molar-refractivity contribution >= 4 is 17.3 Å². The Morgan fingerprint density at radius 1 is 1.30 bits per heavy atom. The normalized spacial score (nSPS) is 11.7. The van der Waals surface area contributed by atoms with Crippen molar-refractivity contribution in [2.24, 2.45) is 0 Å². The van der Waals surface area contributed by atoms with E-state index in [1.165, 1.54) is 18.2 Å². The van der Waals surface area contributed by atoms with Gasteiger partial charge in [0, 0.05) is 5.56 Å². The maximum absolute atomic E-state index is 13.2. The molecular weight excluding hydrogens is 279 g/mol. The van der Waals surface area contributed by atoms with Gasteiger partial charge in [0.25, 0.3) is 0 Å². The summed E-state index contributed by atoms with van der Waals surface area (Å²) in [6.07, 6.45) is 0. The Balaban J connectivity index is 2.30. The van der Waals surface area contributed by atoms with Crippen molar-refractivity contribution in [3.05, 3.63) is 58.4 Å². The van der Waals surface area contributed by atoms with Gasteiger partial charge < -0.3 is 10.4 Å². The van der Waals surface area contributed by atoms with Crippen LogP contribution in [-0.4, -0.2) is 5.11 Å². The Labute approximate surface area is 121 Å². The first-order valence-corrected chi connectivity index (χ1v) is 6.33. The molecule has 0 spiro atoms. The standard InChI is InChI=1S/C15H12ClFN2O/c1-9(12-7-11(17)3-5-15(12)20)19-14-6-10(8-18)2-4-13(14)16/h2-7,9,19-20H,1H3. The summed E-state index contributed by atoms with van der Waals surface area (Å²) < 4.78 is 13.2. The van der Waals surface area contributed by atoms with Crippen LogP contribution in [-0.2, 0) is 0 Å². The SMILES string of the molecule is CC(Nc1cc(C#N)ccc1Cl)c1cc(F)ccc1O. The second-order valence-electron chi connectivity index (χ2n) is 4.38. The van der Waals surface area contributed by atoms with Crippen molar-refractivity contribution in [2.45, 2.75) is 13.0 Å². The number of phenolic OH excluding ortho intramolecular Hbond substituents is 1. The van der Waals surface area contributed by atoms with Gasteiger partial charge >= 0.3 is 0 Å². The Kier molecular flexibility index (Phi) is 4.11. The number of hydrogen-bond donors (Lipinski definition) is 2. The van der Waals surface area contributed by atoms with Gasteiger partial charge in [-0.25, -0.2) is 4.39 Å². The lowest BCUT2D eigenvalue weighted by atomic mass is 10.1. The van der Waals surface area contributed by atoms with Crippen molar-refractivity contribution in [1.29, 1.82) is 5.26 Å². The third kappa shape index (κ3) is 3.01. The predicted octanol–water partition coefficient (Wildman–Crippen LogP) is 4.23. The average Bonchev–Trinajstić information content (AvgIpc) is 2.43. The van der Waals surface area contributed by atoms with Gasteiger partial charge in [0.15, 0.2) is 0 Å². The number of aromatic hydroxyl groups is 1. The zero-order valence-electron chi connectivity index (χ0n) is 10.7. The molecule has 2 aromatic rings. The molecule has 0 aliphatic heterocycles. The van der Waals surface area contributed by atoms with Crippen LogP contribution in [0.1, 0.15) is 24.1 Å². The molecule has 0 saturated carbocycles. The first-order valence-electron chi connectivity index (χ1n) is 5.96. The summed E-state index contributed by atoms with van der Waals surface area (Å²) >= 11 is 6.05. The summed E-state index contributed by atoms with van der Waals surface area (Å²) in [5, 5.41) is 22.1. The van der Waals surface area contributed by atoms with Crippen LogP contribution in [0, 0.1) is 17.1 Å². The van der Waals surface area contributed by atoms with Gasteiger partial charge in [-0.3, -0.25) is 0 Å². The summed E-state index contributed by atoms with van der Waals surface area (Å²) in [6, 6.07) is 10.2. The fourth-order valence-corrected chi connectivity index (χ4v) is 2.06. The lowest BCUT2D eigenvalue weighted by Crippen LogP contribution is -2.08. The van der Waals surface area contributed by atoms with E-state index in [-0.39, 0.29) is 11.8 Å². The summed E-state index contributed by atoms with van der Waals surface area (Å²) in [5.74, 6) is -0.428. The number of halogens is 2. The summed E-state index contributed by atoms with van der Waals surface area (Å²) in [4.78, 5) is 0. The van der Waals surface area contributed by atoms with Crippen LogP contribution in [0.3, 0.4) is 0 Å². The van der Waals surface area contributed by atoms with E-state index in [1.807, 2.05) is 6.07 Å². The number of benzene rings is 2. The third-order valence-corrected chi connectivity index (χ3v) is 3.25. The maximum atomic E-state index is 13.2. The second kappa shape index (κ2) is 5.81. The van der Waals surface area contributed by atoms with Gasteiger partial charge in [-0.2, -0.15) is 5.26 Å². The highest BCUT2D eigenvalue weighted by atomic mass is 35.5. The number of rotatable bonds is 3. The highest BCUT2D eigenvalue weighted by Crippen LogP contribution is 2.31. The second-order valence-corrected chi connectivity index (χ2v) is 4.78. The molecule has 0 saturated heterocycles. The highest BCUT2D eigenvalue weighted by molar-refractivity contribution is 6.33. The molecule has 0 fully saturated rings. The van der Waals surface area contributed by atoms with Crippen LogP contribution in [0.4, 0.5) is 10.1 Å². The van der Waals surface area contributed by atoms with E-state index in [9.17, 15) is 9.50 Å². The van der Waals surface area contributed by atoms with Crippen LogP contribution in [0.2, 0.25) is 5.02 Å². The van der Waals surface area contributed by atoms with Gasteiger partial charge in [-0.1, -0.05) is 11.6 Å². The topological polar surface area (TPSA) is 56.0 Å². The Morgan fingerprint density at radius 2 is 2.05 bits per heavy atom. The lowest BCUT2D eigenvalue weighted by molar-refractivity contribution is 0.462. The number of anilines is 1. The van der Waals surface area contributed by atoms with Gasteiger partial charge in [0.2, 0.25) is 0 Å². The van der Waals surface area contributed by atoms with E-state index in [0.29, 0.717) is 21.8 Å². The first-order chi connectivity index (χ1) is 9.51. The summed E-state index contributed by atoms with van der Waals surface area (Å²) in [6.45, 7) is 1.77. The summed E-state index contributed by atoms with van der Waals surface area (Å²) in [5.41, 5.74) is 1.44. The molecule has 0 heterocycles. The number of nitriles is 1. The van der Waals surface area contributed by atoms with E-state index in [0.717, 1.165) is 0 Å². The van der Waals surface area contributed by atoms with Gasteiger partial charge in [-0.05, 0) is 43.3 Å². The molecule has 0 aliphatic carbocycles. The minimum Gasteiger partial charge on any atom is -0.508 e. The number of hydrogen-bond acceptors (Lipinski definition) is 3. The number of nitrogens with zero attached hydrogens (tertiary/aromatic N) is 1. The van der Waals surface area contributed by atoms with Gasteiger partial charge in [0.1, 0.15) is 11.6 Å². The molecule has 0 bridgehead atoms. The largest absolute Gasteiger partial charge is 0.508 e. The Morgan fingerprint density at radius 3 is 2.75 bits per heavy atom. The molecule has 20 heavy (non-hydrogen) atoms. The molecule has 102 valence electrons. The van der Waals surface area contributed by atoms with Crippen molar-refractivity contribution in [1.82, 2.24) is 0 Å². The molecule has 0 radical (unpaired) electrons. The Hall–Kier alpha value is -2.25. The van der Waals surface area contributed by atoms with E-state index >= 15 is 0 Å². The van der Waals surface area contributed by atoms with Gasteiger partial charge in [0.05, 0.1) is 28.4 Å². The van der Waals surface area contributed by atoms with Crippen molar-refractivity contribution in [2.75, 3.05) is 5.32 Å². The van der Waals surface area contributed by atoms with E-state index in [1.54, 1.807) is 25.1 Å². The molecule has 3 nitrogen and oxygen atoms in total. The molecule has 0 amide bonds. The quantitative estimate of drug-likeness (QED) is 0.889. The third-order valence-electron chi connectivity index (χ3n) is 2.92. The predicted molar refractivity (Wildman–Crippen MR) is 76.3 cm³/mol. The van der Waals surface area contributed by atoms with Crippen molar-refractivity contribution in [3.8, 4) is 11.8 Å². The van der Waals surface area contributed by atoms with Crippen LogP contribution in [0.15, 0.2) is 36.4 Å². The monoisotopic (exact) mass is 290 g/mol. The minimum atomic E-state index is -0.427. The maximum Gasteiger partial charge on any atom is 0.123 e. The molecule has 0 aromatic heterocycles. The molecular formula is C15H12ClFN2O. The van der Waals surface area contributed by atoms with Crippen LogP contribution >= 0.6 is 11.6 Å². The minimum absolute atomic E-state index is 0.000963. The molecule has 5 heteroatoms. The highest BCUT2D eigenvalue weighted by Gasteiger charge is 2.13. The number of nitrogens with one attached hydrogen (secondary N) is 1.